The van der Waals surface area contributed by atoms with Crippen molar-refractivity contribution in [2.75, 3.05) is 6.54 Å². The van der Waals surface area contributed by atoms with Gasteiger partial charge in [0.15, 0.2) is 0 Å². The molecule has 1 fully saturated rings. The maximum absolute atomic E-state index is 12.0. The van der Waals surface area contributed by atoms with Gasteiger partial charge in [0.2, 0.25) is 0 Å². The fraction of sp³-hybridized carbons (Fsp3) is 0.533. The molecule has 0 bridgehead atoms. The number of hydrogen-bond donors (Lipinski definition) is 2. The Labute approximate surface area is 112 Å². The molecular weight excluding hydrogens is 242 g/mol. The summed E-state index contributed by atoms with van der Waals surface area (Å²) in [5.74, 6) is 0.658. The number of aliphatic hydroxyl groups is 1. The zero-order chi connectivity index (χ0) is 13.3. The molecule has 102 valence electrons. The lowest BCUT2D eigenvalue weighted by atomic mass is 10.0. The fourth-order valence-corrected chi connectivity index (χ4v) is 2.93. The van der Waals surface area contributed by atoms with Crippen molar-refractivity contribution in [1.82, 2.24) is 5.32 Å². The number of para-hydroxylation sites is 1. The summed E-state index contributed by atoms with van der Waals surface area (Å²) >= 11 is 0. The van der Waals surface area contributed by atoms with Gasteiger partial charge in [-0.05, 0) is 37.3 Å². The van der Waals surface area contributed by atoms with Gasteiger partial charge in [-0.1, -0.05) is 18.2 Å². The molecule has 1 aromatic carbocycles. The van der Waals surface area contributed by atoms with Gasteiger partial charge in [0.05, 0.1) is 6.54 Å². The lowest BCUT2D eigenvalue weighted by Crippen LogP contribution is -2.47. The second-order valence-corrected chi connectivity index (χ2v) is 5.50. The third kappa shape index (κ3) is 2.45. The quantitative estimate of drug-likeness (QED) is 0.865. The highest BCUT2D eigenvalue weighted by molar-refractivity contribution is 5.85. The second-order valence-electron chi connectivity index (χ2n) is 5.50. The van der Waals surface area contributed by atoms with Crippen LogP contribution in [0.15, 0.2) is 24.3 Å². The van der Waals surface area contributed by atoms with Crippen molar-refractivity contribution in [3.63, 3.8) is 0 Å². The van der Waals surface area contributed by atoms with Crippen molar-refractivity contribution in [3.8, 4) is 5.75 Å². The number of amides is 1. The minimum atomic E-state index is -1.15. The molecule has 1 atom stereocenters. The van der Waals surface area contributed by atoms with Gasteiger partial charge < -0.3 is 15.2 Å². The average molecular weight is 261 g/mol. The van der Waals surface area contributed by atoms with Crippen LogP contribution >= 0.6 is 0 Å². The molecule has 4 nitrogen and oxygen atoms in total. The Bertz CT molecular complexity index is 455. The molecule has 1 aliphatic carbocycles. The van der Waals surface area contributed by atoms with Gasteiger partial charge in [-0.3, -0.25) is 4.79 Å². The Balaban J connectivity index is 1.53. The molecule has 1 unspecified atom stereocenters. The Kier molecular flexibility index (Phi) is 3.19. The summed E-state index contributed by atoms with van der Waals surface area (Å²) < 4.78 is 5.76. The van der Waals surface area contributed by atoms with Gasteiger partial charge in [0.25, 0.3) is 5.91 Å². The molecule has 0 saturated heterocycles. The predicted octanol–water partition coefficient (Wildman–Crippen LogP) is 1.41. The Morgan fingerprint density at radius 3 is 2.84 bits per heavy atom. The molecule has 2 aliphatic rings. The van der Waals surface area contributed by atoms with Crippen molar-refractivity contribution < 1.29 is 14.6 Å². The SMILES string of the molecule is O=C(NCC1Cc2ccccc2O1)C1(O)CCCC1. The van der Waals surface area contributed by atoms with E-state index in [0.717, 1.165) is 25.0 Å². The van der Waals surface area contributed by atoms with E-state index in [1.165, 1.54) is 5.56 Å². The normalized spacial score (nSPS) is 23.7. The van der Waals surface area contributed by atoms with Gasteiger partial charge in [-0.2, -0.15) is 0 Å². The number of nitrogens with one attached hydrogen (secondary N) is 1. The summed E-state index contributed by atoms with van der Waals surface area (Å²) in [4.78, 5) is 12.0. The topological polar surface area (TPSA) is 58.6 Å². The van der Waals surface area contributed by atoms with E-state index >= 15 is 0 Å². The molecule has 0 aromatic heterocycles. The van der Waals surface area contributed by atoms with Crippen LogP contribution in [0.4, 0.5) is 0 Å². The van der Waals surface area contributed by atoms with Crippen LogP contribution in [0.5, 0.6) is 5.75 Å². The zero-order valence-electron chi connectivity index (χ0n) is 10.9. The van der Waals surface area contributed by atoms with Gasteiger partial charge in [0.1, 0.15) is 17.5 Å². The third-order valence-electron chi connectivity index (χ3n) is 4.06. The summed E-state index contributed by atoms with van der Waals surface area (Å²) in [6, 6.07) is 7.93. The third-order valence-corrected chi connectivity index (χ3v) is 4.06. The Morgan fingerprint density at radius 1 is 1.37 bits per heavy atom. The van der Waals surface area contributed by atoms with E-state index < -0.39 is 5.60 Å². The standard InChI is InChI=1S/C15H19NO3/c17-14(15(18)7-3-4-8-15)16-10-12-9-11-5-1-2-6-13(11)19-12/h1-2,5-6,12,18H,3-4,7-10H2,(H,16,17). The first-order chi connectivity index (χ1) is 9.17. The summed E-state index contributed by atoms with van der Waals surface area (Å²) in [5, 5.41) is 13.0. The van der Waals surface area contributed by atoms with Crippen LogP contribution in [0.2, 0.25) is 0 Å². The average Bonchev–Trinajstić information content (AvgIpc) is 3.02. The summed E-state index contributed by atoms with van der Waals surface area (Å²) in [6.07, 6.45) is 3.79. The van der Waals surface area contributed by atoms with Gasteiger partial charge in [-0.25, -0.2) is 0 Å². The molecule has 4 heteroatoms. The van der Waals surface area contributed by atoms with Gasteiger partial charge in [0, 0.05) is 6.42 Å². The van der Waals surface area contributed by atoms with E-state index in [2.05, 4.69) is 5.32 Å². The molecule has 1 heterocycles. The first kappa shape index (κ1) is 12.5. The fourth-order valence-electron chi connectivity index (χ4n) is 2.93. The van der Waals surface area contributed by atoms with E-state index in [-0.39, 0.29) is 12.0 Å². The summed E-state index contributed by atoms with van der Waals surface area (Å²) in [7, 11) is 0. The highest BCUT2D eigenvalue weighted by Crippen LogP contribution is 2.30. The van der Waals surface area contributed by atoms with Crippen molar-refractivity contribution in [2.24, 2.45) is 0 Å². The molecule has 1 aliphatic heterocycles. The van der Waals surface area contributed by atoms with Crippen molar-refractivity contribution in [1.29, 1.82) is 0 Å². The number of rotatable bonds is 3. The van der Waals surface area contributed by atoms with Crippen LogP contribution < -0.4 is 10.1 Å². The molecule has 1 aromatic rings. The second kappa shape index (κ2) is 4.85. The van der Waals surface area contributed by atoms with Crippen molar-refractivity contribution in [3.05, 3.63) is 29.8 Å². The van der Waals surface area contributed by atoms with Crippen LogP contribution in [0.1, 0.15) is 31.2 Å². The maximum atomic E-state index is 12.0. The maximum Gasteiger partial charge on any atom is 0.252 e. The number of fused-ring (bicyclic) bond motifs is 1. The number of carbonyl (C=O) groups is 1. The zero-order valence-corrected chi connectivity index (χ0v) is 10.9. The van der Waals surface area contributed by atoms with E-state index in [9.17, 15) is 9.90 Å². The number of ether oxygens (including phenoxy) is 1. The minimum absolute atomic E-state index is 0.0219. The first-order valence-corrected chi connectivity index (χ1v) is 6.93. The van der Waals surface area contributed by atoms with Crippen molar-refractivity contribution >= 4 is 5.91 Å². The number of benzene rings is 1. The Morgan fingerprint density at radius 2 is 2.11 bits per heavy atom. The van der Waals surface area contributed by atoms with Crippen LogP contribution in [0.3, 0.4) is 0 Å². The lowest BCUT2D eigenvalue weighted by Gasteiger charge is -2.22. The monoisotopic (exact) mass is 261 g/mol. The molecule has 0 spiro atoms. The highest BCUT2D eigenvalue weighted by atomic mass is 16.5. The predicted molar refractivity (Wildman–Crippen MR) is 71.0 cm³/mol. The minimum Gasteiger partial charge on any atom is -0.488 e. The summed E-state index contributed by atoms with van der Waals surface area (Å²) in [5.41, 5.74) is 0.0344. The highest BCUT2D eigenvalue weighted by Gasteiger charge is 2.39. The summed E-state index contributed by atoms with van der Waals surface area (Å²) in [6.45, 7) is 0.454. The number of carbonyl (C=O) groups excluding carboxylic acids is 1. The Hall–Kier alpha value is -1.55. The molecule has 3 rings (SSSR count). The van der Waals surface area contributed by atoms with Gasteiger partial charge >= 0.3 is 0 Å². The molecule has 1 saturated carbocycles. The molecule has 2 N–H and O–H groups in total. The van der Waals surface area contributed by atoms with E-state index in [0.29, 0.717) is 19.4 Å². The molecule has 0 radical (unpaired) electrons. The smallest absolute Gasteiger partial charge is 0.252 e. The van der Waals surface area contributed by atoms with E-state index in [1.54, 1.807) is 0 Å². The first-order valence-electron chi connectivity index (χ1n) is 6.93. The van der Waals surface area contributed by atoms with Crippen LogP contribution in [0.25, 0.3) is 0 Å². The van der Waals surface area contributed by atoms with E-state index in [4.69, 9.17) is 4.74 Å². The molecule has 19 heavy (non-hydrogen) atoms. The number of hydrogen-bond acceptors (Lipinski definition) is 3. The lowest BCUT2D eigenvalue weighted by molar-refractivity contribution is -0.139. The van der Waals surface area contributed by atoms with Crippen LogP contribution in [-0.4, -0.2) is 29.3 Å². The van der Waals surface area contributed by atoms with Crippen LogP contribution in [0, 0.1) is 0 Å². The van der Waals surface area contributed by atoms with Crippen molar-refractivity contribution in [2.45, 2.75) is 43.8 Å². The molecular formula is C15H19NO3. The largest absolute Gasteiger partial charge is 0.488 e. The van der Waals surface area contributed by atoms with Crippen LogP contribution in [-0.2, 0) is 11.2 Å². The van der Waals surface area contributed by atoms with E-state index in [1.807, 2.05) is 24.3 Å². The van der Waals surface area contributed by atoms with Gasteiger partial charge in [-0.15, -0.1) is 0 Å². The molecule has 1 amide bonds.